The third-order valence-corrected chi connectivity index (χ3v) is 6.59. The number of aliphatic hydroxyl groups is 1. The standard InChI is InChI=1S/C25H23FN4O2S/c1-32-19-12-8-16(9-13-19)22-14-23(17-6-10-18(26)11-7-17)30(29-22)24(31)15-33-25-27-20-4-2-3-5-21(20)28-25/h2-13,23-24,31H,14-15H2,1H3,(H,27,28). The van der Waals surface area contributed by atoms with Crippen molar-refractivity contribution in [2.24, 2.45) is 5.10 Å². The number of aliphatic hydroxyl groups excluding tert-OH is 1. The quantitative estimate of drug-likeness (QED) is 0.379. The molecule has 2 heterocycles. The van der Waals surface area contributed by atoms with Crippen molar-refractivity contribution in [1.82, 2.24) is 15.0 Å². The Morgan fingerprint density at radius 1 is 1.12 bits per heavy atom. The van der Waals surface area contributed by atoms with Crippen molar-refractivity contribution in [2.45, 2.75) is 23.8 Å². The van der Waals surface area contributed by atoms with Gasteiger partial charge in [0.25, 0.3) is 0 Å². The van der Waals surface area contributed by atoms with Gasteiger partial charge in [0, 0.05) is 12.2 Å². The van der Waals surface area contributed by atoms with Crippen LogP contribution in [0.3, 0.4) is 0 Å². The molecule has 33 heavy (non-hydrogen) atoms. The number of imidazole rings is 1. The molecule has 0 spiro atoms. The number of aromatic amines is 1. The van der Waals surface area contributed by atoms with Gasteiger partial charge in [0.05, 0.1) is 29.9 Å². The molecule has 168 valence electrons. The number of ether oxygens (including phenoxy) is 1. The first-order valence-corrected chi connectivity index (χ1v) is 11.6. The largest absolute Gasteiger partial charge is 0.497 e. The minimum Gasteiger partial charge on any atom is -0.497 e. The summed E-state index contributed by atoms with van der Waals surface area (Å²) in [6.07, 6.45) is -0.251. The average Bonchev–Trinajstić information content (AvgIpc) is 3.48. The first-order chi connectivity index (χ1) is 16.1. The van der Waals surface area contributed by atoms with E-state index in [0.29, 0.717) is 12.2 Å². The Morgan fingerprint density at radius 2 is 1.88 bits per heavy atom. The van der Waals surface area contributed by atoms with Gasteiger partial charge in [-0.15, -0.1) is 0 Å². The summed E-state index contributed by atoms with van der Waals surface area (Å²) in [5.41, 5.74) is 4.57. The number of halogens is 1. The zero-order valence-electron chi connectivity index (χ0n) is 18.0. The molecule has 1 aliphatic heterocycles. The number of fused-ring (bicyclic) bond motifs is 1. The summed E-state index contributed by atoms with van der Waals surface area (Å²) in [5, 5.41) is 18.3. The van der Waals surface area contributed by atoms with Crippen molar-refractivity contribution in [3.8, 4) is 5.75 Å². The summed E-state index contributed by atoms with van der Waals surface area (Å²) in [6.45, 7) is 0. The summed E-state index contributed by atoms with van der Waals surface area (Å²) in [4.78, 5) is 7.83. The van der Waals surface area contributed by atoms with Crippen molar-refractivity contribution in [1.29, 1.82) is 0 Å². The SMILES string of the molecule is COc1ccc(C2=NN(C(O)CSc3nc4ccccc4[nH]3)C(c3ccc(F)cc3)C2)cc1. The number of nitrogens with zero attached hydrogens (tertiary/aromatic N) is 3. The number of aromatic nitrogens is 2. The Morgan fingerprint density at radius 3 is 2.61 bits per heavy atom. The smallest absolute Gasteiger partial charge is 0.166 e. The van der Waals surface area contributed by atoms with E-state index in [4.69, 9.17) is 9.84 Å². The summed E-state index contributed by atoms with van der Waals surface area (Å²) >= 11 is 1.44. The summed E-state index contributed by atoms with van der Waals surface area (Å²) in [7, 11) is 1.63. The van der Waals surface area contributed by atoms with Gasteiger partial charge < -0.3 is 14.8 Å². The molecule has 4 aromatic rings. The first kappa shape index (κ1) is 21.5. The zero-order chi connectivity index (χ0) is 22.8. The van der Waals surface area contributed by atoms with E-state index in [1.165, 1.54) is 23.9 Å². The van der Waals surface area contributed by atoms with Crippen LogP contribution in [0.2, 0.25) is 0 Å². The summed E-state index contributed by atoms with van der Waals surface area (Å²) in [6, 6.07) is 21.7. The van der Waals surface area contributed by atoms with Crippen molar-refractivity contribution < 1.29 is 14.2 Å². The second kappa shape index (κ2) is 9.25. The Hall–Kier alpha value is -3.36. The third kappa shape index (κ3) is 4.58. The van der Waals surface area contributed by atoms with E-state index in [-0.39, 0.29) is 11.9 Å². The van der Waals surface area contributed by atoms with Crippen LogP contribution >= 0.6 is 11.8 Å². The topological polar surface area (TPSA) is 73.7 Å². The van der Waals surface area contributed by atoms with E-state index in [0.717, 1.165) is 38.8 Å². The lowest BCUT2D eigenvalue weighted by Crippen LogP contribution is -2.33. The van der Waals surface area contributed by atoms with E-state index in [1.54, 1.807) is 24.3 Å². The number of hydrazone groups is 1. The molecule has 3 aromatic carbocycles. The van der Waals surface area contributed by atoms with Gasteiger partial charge in [-0.1, -0.05) is 36.0 Å². The molecule has 0 radical (unpaired) electrons. The molecular formula is C25H23FN4O2S. The monoisotopic (exact) mass is 462 g/mol. The number of methoxy groups -OCH3 is 1. The fourth-order valence-corrected chi connectivity index (χ4v) is 4.75. The second-order valence-corrected chi connectivity index (χ2v) is 8.79. The lowest BCUT2D eigenvalue weighted by Gasteiger charge is -2.28. The molecule has 0 bridgehead atoms. The van der Waals surface area contributed by atoms with Gasteiger partial charge in [0.15, 0.2) is 11.4 Å². The molecular weight excluding hydrogens is 439 g/mol. The molecule has 0 aliphatic carbocycles. The van der Waals surface area contributed by atoms with Crippen molar-refractivity contribution >= 4 is 28.5 Å². The molecule has 0 saturated heterocycles. The van der Waals surface area contributed by atoms with Gasteiger partial charge in [0.2, 0.25) is 0 Å². The zero-order valence-corrected chi connectivity index (χ0v) is 18.8. The molecule has 1 aliphatic rings. The predicted octanol–water partition coefficient (Wildman–Crippen LogP) is 4.97. The second-order valence-electron chi connectivity index (χ2n) is 7.78. The van der Waals surface area contributed by atoms with Crippen LogP contribution in [0.25, 0.3) is 11.0 Å². The van der Waals surface area contributed by atoms with Crippen LogP contribution in [0.15, 0.2) is 83.1 Å². The van der Waals surface area contributed by atoms with Crippen molar-refractivity contribution in [3.63, 3.8) is 0 Å². The number of rotatable bonds is 7. The third-order valence-electron chi connectivity index (χ3n) is 5.66. The van der Waals surface area contributed by atoms with Crippen LogP contribution in [0, 0.1) is 5.82 Å². The Labute approximate surface area is 195 Å². The minimum absolute atomic E-state index is 0.200. The molecule has 1 aromatic heterocycles. The highest BCUT2D eigenvalue weighted by molar-refractivity contribution is 7.99. The van der Waals surface area contributed by atoms with Crippen LogP contribution in [-0.2, 0) is 0 Å². The number of benzene rings is 3. The van der Waals surface area contributed by atoms with Gasteiger partial charge in [-0.25, -0.2) is 9.37 Å². The van der Waals surface area contributed by atoms with E-state index in [1.807, 2.05) is 48.5 Å². The molecule has 8 heteroatoms. The lowest BCUT2D eigenvalue weighted by molar-refractivity contribution is 0.00268. The normalized spacial score (nSPS) is 16.8. The number of H-pyrrole nitrogens is 1. The molecule has 0 saturated carbocycles. The van der Waals surface area contributed by atoms with Crippen molar-refractivity contribution in [2.75, 3.05) is 12.9 Å². The highest BCUT2D eigenvalue weighted by Gasteiger charge is 2.33. The first-order valence-electron chi connectivity index (χ1n) is 10.6. The summed E-state index contributed by atoms with van der Waals surface area (Å²) in [5.74, 6) is 0.851. The maximum absolute atomic E-state index is 13.5. The van der Waals surface area contributed by atoms with E-state index in [2.05, 4.69) is 9.97 Å². The molecule has 5 rings (SSSR count). The Balaban J connectivity index is 1.38. The minimum atomic E-state index is -0.853. The molecule has 0 fully saturated rings. The predicted molar refractivity (Wildman–Crippen MR) is 128 cm³/mol. The van der Waals surface area contributed by atoms with Gasteiger partial charge in [-0.05, 0) is 59.7 Å². The number of para-hydroxylation sites is 2. The summed E-state index contributed by atoms with van der Waals surface area (Å²) < 4.78 is 18.8. The van der Waals surface area contributed by atoms with E-state index < -0.39 is 6.23 Å². The van der Waals surface area contributed by atoms with Crippen LogP contribution in [0.5, 0.6) is 5.75 Å². The Kier molecular flexibility index (Phi) is 6.02. The number of hydrogen-bond acceptors (Lipinski definition) is 6. The van der Waals surface area contributed by atoms with E-state index >= 15 is 0 Å². The number of thioether (sulfide) groups is 1. The van der Waals surface area contributed by atoms with Crippen LogP contribution in [0.1, 0.15) is 23.6 Å². The highest BCUT2D eigenvalue weighted by Crippen LogP contribution is 2.35. The molecule has 2 N–H and O–H groups in total. The fraction of sp³-hybridized carbons (Fsp3) is 0.200. The van der Waals surface area contributed by atoms with Crippen LogP contribution in [-0.4, -0.2) is 44.9 Å². The van der Waals surface area contributed by atoms with Crippen molar-refractivity contribution in [3.05, 3.63) is 89.7 Å². The van der Waals surface area contributed by atoms with Crippen LogP contribution < -0.4 is 4.74 Å². The van der Waals surface area contributed by atoms with Crippen LogP contribution in [0.4, 0.5) is 4.39 Å². The van der Waals surface area contributed by atoms with Gasteiger partial charge in [-0.3, -0.25) is 5.01 Å². The molecule has 6 nitrogen and oxygen atoms in total. The maximum Gasteiger partial charge on any atom is 0.166 e. The number of hydrogen-bond donors (Lipinski definition) is 2. The molecule has 0 amide bonds. The lowest BCUT2D eigenvalue weighted by atomic mass is 9.98. The molecule has 2 unspecified atom stereocenters. The highest BCUT2D eigenvalue weighted by atomic mass is 32.2. The van der Waals surface area contributed by atoms with Gasteiger partial charge in [-0.2, -0.15) is 5.10 Å². The van der Waals surface area contributed by atoms with E-state index in [9.17, 15) is 9.50 Å². The molecule has 2 atom stereocenters. The number of nitrogens with one attached hydrogen (secondary N) is 1. The van der Waals surface area contributed by atoms with Gasteiger partial charge in [0.1, 0.15) is 11.6 Å². The average molecular weight is 463 g/mol. The Bertz CT molecular complexity index is 1240. The fourth-order valence-electron chi connectivity index (χ4n) is 3.94. The maximum atomic E-state index is 13.5. The van der Waals surface area contributed by atoms with Gasteiger partial charge >= 0.3 is 0 Å².